The summed E-state index contributed by atoms with van der Waals surface area (Å²) in [6.45, 7) is 1.99. The molecule has 4 rings (SSSR count). The van der Waals surface area contributed by atoms with E-state index in [0.29, 0.717) is 5.82 Å². The number of amides is 2. The van der Waals surface area contributed by atoms with Gasteiger partial charge in [0.25, 0.3) is 0 Å². The van der Waals surface area contributed by atoms with Crippen molar-refractivity contribution in [3.63, 3.8) is 0 Å². The van der Waals surface area contributed by atoms with Gasteiger partial charge in [0.2, 0.25) is 0 Å². The number of aryl methyl sites for hydroxylation is 1. The third-order valence-corrected chi connectivity index (χ3v) is 8.25. The quantitative estimate of drug-likeness (QED) is 0.399. The number of hydrogen-bond donors (Lipinski definition) is 1. The molecule has 3 aromatic rings. The highest BCUT2D eigenvalue weighted by molar-refractivity contribution is 6.60. The number of hydrogen-bond acceptors (Lipinski definition) is 4. The third kappa shape index (κ3) is 3.72. The summed E-state index contributed by atoms with van der Waals surface area (Å²) in [4.78, 5) is 24.6. The number of pyridine rings is 1. The molecule has 15 heteroatoms. The lowest BCUT2D eigenvalue weighted by molar-refractivity contribution is -0.0913. The maximum absolute atomic E-state index is 13.8. The first-order valence-electron chi connectivity index (χ1n) is 11.8. The van der Waals surface area contributed by atoms with E-state index in [9.17, 15) is 4.79 Å². The van der Waals surface area contributed by atoms with Gasteiger partial charge in [0.05, 0.1) is 11.9 Å². The lowest BCUT2D eigenvalue weighted by Gasteiger charge is -2.68. The van der Waals surface area contributed by atoms with Crippen molar-refractivity contribution >= 4 is 85.4 Å². The van der Waals surface area contributed by atoms with Crippen molar-refractivity contribution < 1.29 is 9.53 Å². The zero-order chi connectivity index (χ0) is 25.3. The van der Waals surface area contributed by atoms with Crippen LogP contribution in [0.1, 0.15) is 5.82 Å². The summed E-state index contributed by atoms with van der Waals surface area (Å²) in [6, 6.07) is 7.96. The Labute approximate surface area is 208 Å². The maximum Gasteiger partial charge on any atom is 0.321 e. The fourth-order valence-corrected chi connectivity index (χ4v) is 4.94. The molecule has 0 saturated carbocycles. The molecular formula is C19H29B8N5O2. The Morgan fingerprint density at radius 2 is 1.53 bits per heavy atom. The van der Waals surface area contributed by atoms with Crippen molar-refractivity contribution in [2.75, 3.05) is 5.32 Å². The molecule has 0 spiro atoms. The van der Waals surface area contributed by atoms with Crippen LogP contribution in [0.3, 0.4) is 0 Å². The van der Waals surface area contributed by atoms with Crippen LogP contribution >= 0.6 is 0 Å². The predicted molar refractivity (Wildman–Crippen MR) is 160 cm³/mol. The SMILES string of the molecule is BC1(B)OC(B)(B)C(B)(B)N(C(=O)Nc2cc3cc(-c4cnc(C)n4C)ccc3cn2)C1(B)B. The molecule has 166 valence electrons. The molecule has 1 fully saturated rings. The van der Waals surface area contributed by atoms with Crippen LogP contribution < -0.4 is 5.32 Å². The van der Waals surface area contributed by atoms with Crippen LogP contribution in [-0.2, 0) is 11.8 Å². The monoisotopic (exact) mass is 447 g/mol. The predicted octanol–water partition coefficient (Wildman–Crippen LogP) is -5.51. The van der Waals surface area contributed by atoms with Gasteiger partial charge in [-0.2, -0.15) is 0 Å². The molecule has 34 heavy (non-hydrogen) atoms. The molecule has 0 bridgehead atoms. The fourth-order valence-electron chi connectivity index (χ4n) is 4.94. The smallest absolute Gasteiger partial charge is 0.321 e. The van der Waals surface area contributed by atoms with Gasteiger partial charge in [0.1, 0.15) is 74.4 Å². The standard InChI is InChI=1S/C19H29B8N5O2/c1-9-28-8-13(31(9)2)10-3-4-11-7-29-14(6-12(11)5-10)30-15(33)32-16(20,21)18(24,25)34-19(26,27)17(32,22)23/h3-8H,20-27H2,1-2H3,(H,29,30,33). The van der Waals surface area contributed by atoms with E-state index < -0.39 is 21.5 Å². The molecule has 0 radical (unpaired) electrons. The number of benzene rings is 1. The van der Waals surface area contributed by atoms with Gasteiger partial charge < -0.3 is 14.2 Å². The van der Waals surface area contributed by atoms with Crippen molar-refractivity contribution in [2.24, 2.45) is 7.05 Å². The maximum atomic E-state index is 13.8. The minimum absolute atomic E-state index is 0.190. The second-order valence-electron chi connectivity index (χ2n) is 11.4. The number of urea groups is 1. The highest BCUT2D eigenvalue weighted by Gasteiger charge is 2.60. The molecule has 0 aliphatic carbocycles. The van der Waals surface area contributed by atoms with Crippen molar-refractivity contribution in [3.05, 3.63) is 42.5 Å². The number of nitrogens with zero attached hydrogens (tertiary/aromatic N) is 4. The second kappa shape index (κ2) is 7.80. The summed E-state index contributed by atoms with van der Waals surface area (Å²) in [5.74, 6) is 1.48. The van der Waals surface area contributed by atoms with Crippen molar-refractivity contribution in [2.45, 2.75) is 28.4 Å². The second-order valence-corrected chi connectivity index (χ2v) is 11.4. The fraction of sp³-hybridized carbons (Fsp3) is 0.316. The summed E-state index contributed by atoms with van der Waals surface area (Å²) >= 11 is 0. The molecule has 0 unspecified atom stereocenters. The van der Waals surface area contributed by atoms with Gasteiger partial charge in [-0.05, 0) is 35.1 Å². The number of anilines is 1. The summed E-state index contributed by atoms with van der Waals surface area (Å²) in [7, 11) is 18.4. The van der Waals surface area contributed by atoms with E-state index in [1.165, 1.54) is 0 Å². The van der Waals surface area contributed by atoms with Gasteiger partial charge in [0, 0.05) is 35.0 Å². The van der Waals surface area contributed by atoms with Crippen molar-refractivity contribution in [1.29, 1.82) is 0 Å². The van der Waals surface area contributed by atoms with E-state index in [1.54, 1.807) is 6.20 Å². The average Bonchev–Trinajstić information content (AvgIpc) is 3.03. The number of carbonyl (C=O) groups excluding carboxylic acids is 1. The average molecular weight is 446 g/mol. The van der Waals surface area contributed by atoms with Crippen molar-refractivity contribution in [1.82, 2.24) is 19.4 Å². The minimum atomic E-state index is -0.558. The van der Waals surface area contributed by atoms with Gasteiger partial charge >= 0.3 is 6.03 Å². The van der Waals surface area contributed by atoms with Crippen LogP contribution in [0.2, 0.25) is 0 Å². The Hall–Kier alpha value is -2.41. The molecule has 7 nitrogen and oxygen atoms in total. The number of ether oxygens (including phenoxy) is 1. The molecule has 1 saturated heterocycles. The van der Waals surface area contributed by atoms with Gasteiger partial charge in [-0.1, -0.05) is 12.1 Å². The number of nitrogens with one attached hydrogen (secondary N) is 1. The van der Waals surface area contributed by atoms with Gasteiger partial charge in [0.15, 0.2) is 0 Å². The van der Waals surface area contributed by atoms with Crippen LogP contribution in [0, 0.1) is 6.92 Å². The molecule has 1 aromatic carbocycles. The summed E-state index contributed by atoms with van der Waals surface area (Å²) in [5.41, 5.74) is 2.11. The van der Waals surface area contributed by atoms with Gasteiger partial charge in [-0.15, -0.1) is 0 Å². The van der Waals surface area contributed by atoms with Crippen LogP contribution in [0.25, 0.3) is 22.0 Å². The number of imidazole rings is 1. The Balaban J connectivity index is 1.70. The number of rotatable bonds is 2. The van der Waals surface area contributed by atoms with E-state index in [4.69, 9.17) is 4.74 Å². The molecule has 0 atom stereocenters. The minimum Gasteiger partial charge on any atom is -0.402 e. The third-order valence-electron chi connectivity index (χ3n) is 8.25. The first kappa shape index (κ1) is 24.7. The number of carbonyl (C=O) groups is 1. The zero-order valence-corrected chi connectivity index (χ0v) is 22.1. The number of fused-ring (bicyclic) bond motifs is 1. The Kier molecular flexibility index (Phi) is 5.67. The zero-order valence-electron chi connectivity index (χ0n) is 22.1. The highest BCUT2D eigenvalue weighted by Crippen LogP contribution is 2.40. The molecule has 1 N–H and O–H groups in total. The molecule has 2 amide bonds. The summed E-state index contributed by atoms with van der Waals surface area (Å²) in [6.07, 6.45) is 3.68. The highest BCUT2D eigenvalue weighted by atomic mass is 16.5. The number of aromatic nitrogens is 3. The Morgan fingerprint density at radius 1 is 0.912 bits per heavy atom. The van der Waals surface area contributed by atoms with E-state index in [1.807, 2.05) is 68.6 Å². The Morgan fingerprint density at radius 3 is 2.09 bits per heavy atom. The van der Waals surface area contributed by atoms with Crippen LogP contribution in [0.5, 0.6) is 0 Å². The molecule has 2 aromatic heterocycles. The molecular weight excluding hydrogens is 417 g/mol. The molecule has 1 aliphatic rings. The lowest BCUT2D eigenvalue weighted by atomic mass is 9.30. The summed E-state index contributed by atoms with van der Waals surface area (Å²) < 4.78 is 8.57. The van der Waals surface area contributed by atoms with E-state index in [-0.39, 0.29) is 6.03 Å². The lowest BCUT2D eigenvalue weighted by Crippen LogP contribution is -2.87. The number of morpholine rings is 1. The first-order chi connectivity index (χ1) is 15.6. The molecule has 1 aliphatic heterocycles. The Bertz CT molecular complexity index is 1270. The largest absolute Gasteiger partial charge is 0.402 e. The van der Waals surface area contributed by atoms with E-state index in [0.717, 1.165) is 27.9 Å². The normalized spacial score (nSPS) is 20.1. The van der Waals surface area contributed by atoms with Crippen LogP contribution in [-0.4, -0.2) is 110 Å². The first-order valence-corrected chi connectivity index (χ1v) is 11.8. The van der Waals surface area contributed by atoms with E-state index in [2.05, 4.69) is 63.4 Å². The summed E-state index contributed by atoms with van der Waals surface area (Å²) in [5, 5.41) is 2.87. The molecule has 3 heterocycles. The van der Waals surface area contributed by atoms with E-state index >= 15 is 0 Å². The topological polar surface area (TPSA) is 72.3 Å². The van der Waals surface area contributed by atoms with Crippen LogP contribution in [0.15, 0.2) is 36.7 Å². The van der Waals surface area contributed by atoms with Gasteiger partial charge in [-0.25, -0.2) is 14.8 Å². The van der Waals surface area contributed by atoms with Gasteiger partial charge in [-0.3, -0.25) is 5.32 Å². The van der Waals surface area contributed by atoms with Crippen molar-refractivity contribution in [3.8, 4) is 11.3 Å². The van der Waals surface area contributed by atoms with Crippen LogP contribution in [0.4, 0.5) is 10.6 Å².